The highest BCUT2D eigenvalue weighted by atomic mass is 16.3. The van der Waals surface area contributed by atoms with Crippen molar-refractivity contribution in [3.63, 3.8) is 0 Å². The molecule has 1 aromatic heterocycles. The van der Waals surface area contributed by atoms with Crippen LogP contribution in [0.2, 0.25) is 0 Å². The Kier molecular flexibility index (Phi) is 3.61. The van der Waals surface area contributed by atoms with Gasteiger partial charge in [-0.1, -0.05) is 19.9 Å². The monoisotopic (exact) mass is 194 g/mol. The van der Waals surface area contributed by atoms with Gasteiger partial charge in [0.1, 0.15) is 0 Å². The van der Waals surface area contributed by atoms with E-state index in [1.54, 1.807) is 12.4 Å². The predicted octanol–water partition coefficient (Wildman–Crippen LogP) is 1.49. The van der Waals surface area contributed by atoms with Gasteiger partial charge in [-0.3, -0.25) is 4.98 Å². The van der Waals surface area contributed by atoms with Gasteiger partial charge in [-0.25, -0.2) is 0 Å². The summed E-state index contributed by atoms with van der Waals surface area (Å²) in [6.07, 6.45) is 3.58. The molecule has 0 aliphatic heterocycles. The minimum atomic E-state index is -0.470. The molecule has 3 N–H and O–H groups in total. The molecular weight excluding hydrogens is 176 g/mol. The Bertz CT molecular complexity index is 272. The van der Waals surface area contributed by atoms with Crippen LogP contribution in [0, 0.1) is 5.41 Å². The predicted molar refractivity (Wildman–Crippen MR) is 56.6 cm³/mol. The summed E-state index contributed by atoms with van der Waals surface area (Å²) in [6, 6.07) is 3.71. The van der Waals surface area contributed by atoms with E-state index in [0.717, 1.165) is 5.56 Å². The number of aromatic nitrogens is 1. The third-order valence-electron chi connectivity index (χ3n) is 2.37. The first kappa shape index (κ1) is 11.1. The van der Waals surface area contributed by atoms with Crippen LogP contribution in [-0.2, 0) is 0 Å². The first-order valence-electron chi connectivity index (χ1n) is 4.83. The molecule has 14 heavy (non-hydrogen) atoms. The van der Waals surface area contributed by atoms with E-state index in [1.165, 1.54) is 0 Å². The summed E-state index contributed by atoms with van der Waals surface area (Å²) in [5, 5.41) is 9.89. The van der Waals surface area contributed by atoms with Crippen LogP contribution >= 0.6 is 0 Å². The molecule has 3 heteroatoms. The first-order chi connectivity index (χ1) is 6.55. The van der Waals surface area contributed by atoms with Gasteiger partial charge in [-0.05, 0) is 30.0 Å². The van der Waals surface area contributed by atoms with Gasteiger partial charge in [0.05, 0.1) is 6.10 Å². The van der Waals surface area contributed by atoms with Crippen molar-refractivity contribution in [1.82, 2.24) is 4.98 Å². The van der Waals surface area contributed by atoms with Crippen LogP contribution in [0.4, 0.5) is 0 Å². The van der Waals surface area contributed by atoms with Gasteiger partial charge in [-0.2, -0.15) is 0 Å². The van der Waals surface area contributed by atoms with Crippen molar-refractivity contribution in [2.45, 2.75) is 26.4 Å². The van der Waals surface area contributed by atoms with Gasteiger partial charge in [0.25, 0.3) is 0 Å². The van der Waals surface area contributed by atoms with Crippen molar-refractivity contribution in [3.8, 4) is 0 Å². The zero-order chi connectivity index (χ0) is 10.6. The lowest BCUT2D eigenvalue weighted by atomic mass is 9.85. The van der Waals surface area contributed by atoms with Gasteiger partial charge in [0.2, 0.25) is 0 Å². The standard InChI is InChI=1S/C11H18N2O/c1-11(2,8-12)6-10(14)9-4-3-5-13-7-9/h3-5,7,10,14H,6,8,12H2,1-2H3. The largest absolute Gasteiger partial charge is 0.388 e. The molecular formula is C11H18N2O. The maximum Gasteiger partial charge on any atom is 0.0810 e. The second kappa shape index (κ2) is 4.53. The van der Waals surface area contributed by atoms with E-state index < -0.39 is 6.10 Å². The van der Waals surface area contributed by atoms with Crippen LogP contribution in [0.3, 0.4) is 0 Å². The van der Waals surface area contributed by atoms with Crippen LogP contribution in [-0.4, -0.2) is 16.6 Å². The highest BCUT2D eigenvalue weighted by molar-refractivity contribution is 5.12. The molecule has 1 rings (SSSR count). The average molecular weight is 194 g/mol. The zero-order valence-corrected chi connectivity index (χ0v) is 8.77. The van der Waals surface area contributed by atoms with E-state index >= 15 is 0 Å². The number of nitrogens with zero attached hydrogens (tertiary/aromatic N) is 1. The Balaban J connectivity index is 2.64. The van der Waals surface area contributed by atoms with Crippen molar-refractivity contribution in [2.24, 2.45) is 11.1 Å². The second-order valence-electron chi connectivity index (χ2n) is 4.37. The van der Waals surface area contributed by atoms with Crippen molar-refractivity contribution in [2.75, 3.05) is 6.54 Å². The molecule has 0 aliphatic carbocycles. The molecule has 0 fully saturated rings. The molecule has 0 aliphatic rings. The van der Waals surface area contributed by atoms with Gasteiger partial charge in [0, 0.05) is 12.4 Å². The van der Waals surface area contributed by atoms with Crippen LogP contribution in [0.15, 0.2) is 24.5 Å². The number of hydrogen-bond acceptors (Lipinski definition) is 3. The fourth-order valence-electron chi connectivity index (χ4n) is 1.30. The molecule has 1 aromatic rings. The Morgan fingerprint density at radius 3 is 2.79 bits per heavy atom. The molecule has 0 bridgehead atoms. The van der Waals surface area contributed by atoms with Gasteiger partial charge < -0.3 is 10.8 Å². The average Bonchev–Trinajstić information content (AvgIpc) is 2.19. The molecule has 0 spiro atoms. The number of hydrogen-bond donors (Lipinski definition) is 2. The quantitative estimate of drug-likeness (QED) is 0.763. The lowest BCUT2D eigenvalue weighted by Crippen LogP contribution is -2.25. The van der Waals surface area contributed by atoms with Crippen LogP contribution in [0.1, 0.15) is 31.9 Å². The summed E-state index contributed by atoms with van der Waals surface area (Å²) >= 11 is 0. The number of rotatable bonds is 4. The lowest BCUT2D eigenvalue weighted by Gasteiger charge is -2.25. The molecule has 0 aromatic carbocycles. The smallest absolute Gasteiger partial charge is 0.0810 e. The molecule has 0 radical (unpaired) electrons. The number of aliphatic hydroxyl groups is 1. The summed E-state index contributed by atoms with van der Waals surface area (Å²) in [5.74, 6) is 0. The van der Waals surface area contributed by atoms with E-state index in [9.17, 15) is 5.11 Å². The Morgan fingerprint density at radius 1 is 1.57 bits per heavy atom. The number of nitrogens with two attached hydrogens (primary N) is 1. The number of aliphatic hydroxyl groups excluding tert-OH is 1. The summed E-state index contributed by atoms with van der Waals surface area (Å²) in [7, 11) is 0. The van der Waals surface area contributed by atoms with E-state index in [0.29, 0.717) is 13.0 Å². The molecule has 1 atom stereocenters. The Labute approximate surface area is 85.0 Å². The summed E-state index contributed by atoms with van der Waals surface area (Å²) in [6.45, 7) is 4.67. The summed E-state index contributed by atoms with van der Waals surface area (Å²) in [5.41, 5.74) is 6.43. The first-order valence-corrected chi connectivity index (χ1v) is 4.83. The second-order valence-corrected chi connectivity index (χ2v) is 4.37. The van der Waals surface area contributed by atoms with Gasteiger partial charge in [-0.15, -0.1) is 0 Å². The molecule has 0 amide bonds. The van der Waals surface area contributed by atoms with Gasteiger partial charge >= 0.3 is 0 Å². The van der Waals surface area contributed by atoms with Gasteiger partial charge in [0.15, 0.2) is 0 Å². The Hall–Kier alpha value is -0.930. The zero-order valence-electron chi connectivity index (χ0n) is 8.77. The van der Waals surface area contributed by atoms with E-state index in [1.807, 2.05) is 26.0 Å². The molecule has 78 valence electrons. The maximum atomic E-state index is 9.89. The number of pyridine rings is 1. The minimum absolute atomic E-state index is 0.0325. The molecule has 3 nitrogen and oxygen atoms in total. The van der Waals surface area contributed by atoms with Crippen molar-refractivity contribution in [3.05, 3.63) is 30.1 Å². The third-order valence-corrected chi connectivity index (χ3v) is 2.37. The summed E-state index contributed by atoms with van der Waals surface area (Å²) in [4.78, 5) is 3.97. The fourth-order valence-corrected chi connectivity index (χ4v) is 1.30. The van der Waals surface area contributed by atoms with E-state index in [4.69, 9.17) is 5.73 Å². The molecule has 1 unspecified atom stereocenters. The Morgan fingerprint density at radius 2 is 2.29 bits per heavy atom. The highest BCUT2D eigenvalue weighted by Gasteiger charge is 2.21. The SMILES string of the molecule is CC(C)(CN)CC(O)c1cccnc1. The highest BCUT2D eigenvalue weighted by Crippen LogP contribution is 2.28. The van der Waals surface area contributed by atoms with Crippen molar-refractivity contribution < 1.29 is 5.11 Å². The van der Waals surface area contributed by atoms with Crippen LogP contribution in [0.5, 0.6) is 0 Å². The summed E-state index contributed by atoms with van der Waals surface area (Å²) < 4.78 is 0. The molecule has 0 saturated heterocycles. The normalized spacial score (nSPS) is 14.0. The molecule has 0 saturated carbocycles. The van der Waals surface area contributed by atoms with Crippen molar-refractivity contribution >= 4 is 0 Å². The maximum absolute atomic E-state index is 9.89. The van der Waals surface area contributed by atoms with Crippen molar-refractivity contribution in [1.29, 1.82) is 0 Å². The van der Waals surface area contributed by atoms with E-state index in [-0.39, 0.29) is 5.41 Å². The minimum Gasteiger partial charge on any atom is -0.388 e. The topological polar surface area (TPSA) is 59.1 Å². The molecule has 1 heterocycles. The third kappa shape index (κ3) is 3.09. The van der Waals surface area contributed by atoms with E-state index in [2.05, 4.69) is 4.98 Å². The fraction of sp³-hybridized carbons (Fsp3) is 0.545. The van der Waals surface area contributed by atoms with Crippen LogP contribution < -0.4 is 5.73 Å². The lowest BCUT2D eigenvalue weighted by molar-refractivity contribution is 0.117. The van der Waals surface area contributed by atoms with Crippen LogP contribution in [0.25, 0.3) is 0 Å².